The summed E-state index contributed by atoms with van der Waals surface area (Å²) >= 11 is 1.18. The first-order chi connectivity index (χ1) is 5.54. The van der Waals surface area contributed by atoms with E-state index < -0.39 is 7.32 Å². The largest absolute Gasteiger partial charge is 0.631 e. The van der Waals surface area contributed by atoms with Crippen LogP contribution in [-0.2, 0) is 0 Å². The smallest absolute Gasteiger partial charge is 0.402 e. The van der Waals surface area contributed by atoms with Crippen molar-refractivity contribution < 1.29 is 15.1 Å². The Morgan fingerprint density at radius 2 is 1.58 bits per heavy atom. The van der Waals surface area contributed by atoms with Crippen LogP contribution >= 0.6 is 0 Å². The van der Waals surface area contributed by atoms with Crippen LogP contribution in [0.3, 0.4) is 0 Å². The second-order valence-electron chi connectivity index (χ2n) is 2.43. The van der Waals surface area contributed by atoms with Gasteiger partial charge in [-0.3, -0.25) is 0 Å². The van der Waals surface area contributed by atoms with Crippen molar-refractivity contribution in [2.75, 3.05) is 0 Å². The van der Waals surface area contributed by atoms with E-state index in [-0.39, 0.29) is 0 Å². The van der Waals surface area contributed by atoms with Crippen molar-refractivity contribution in [3.05, 3.63) is 29.8 Å². The van der Waals surface area contributed by atoms with Crippen LogP contribution in [0.1, 0.15) is 5.56 Å². The van der Waals surface area contributed by atoms with Gasteiger partial charge >= 0.3 is 74.8 Å². The summed E-state index contributed by atoms with van der Waals surface area (Å²) < 4.78 is 1.51. The number of benzene rings is 1. The first kappa shape index (κ1) is 12.2. The number of hydrogen-bond acceptors (Lipinski definition) is 3. The predicted octanol–water partition coefficient (Wildman–Crippen LogP) is -1.26. The zero-order valence-corrected chi connectivity index (χ0v) is 9.23. The maximum atomic E-state index is 7.17. The second-order valence-corrected chi connectivity index (χ2v) is 3.51. The Morgan fingerprint density at radius 3 is 1.83 bits per heavy atom. The molecule has 0 fully saturated rings. The maximum Gasteiger partial charge on any atom is 0.631 e. The van der Waals surface area contributed by atoms with E-state index in [0.29, 0.717) is 0 Å². The molecule has 5 heteroatoms. The summed E-state index contributed by atoms with van der Waals surface area (Å²) in [6.45, 7) is 2.16. The molecule has 3 nitrogen and oxygen atoms in total. The van der Waals surface area contributed by atoms with Gasteiger partial charge in [-0.15, -0.1) is 0 Å². The zero-order chi connectivity index (χ0) is 9.56. The number of hydrogen-bond donors (Lipinski definition) is 3. The third kappa shape index (κ3) is 6.85. The molecule has 0 aliphatic carbocycles. The summed E-state index contributed by atoms with van der Waals surface area (Å²) in [6.07, 6.45) is 0. The van der Waals surface area contributed by atoms with Crippen molar-refractivity contribution in [2.45, 2.75) is 6.92 Å². The Labute approximate surface area is 89.6 Å². The van der Waals surface area contributed by atoms with E-state index in [0.717, 1.165) is 0 Å². The molecule has 0 saturated heterocycles. The molecule has 1 aromatic carbocycles. The average molecular weight is 176 g/mol. The molecule has 0 radical (unpaired) electrons. The Bertz CT molecular complexity index is 206. The minimum Gasteiger partial charge on any atom is -0.402 e. The van der Waals surface area contributed by atoms with E-state index in [2.05, 4.69) is 31.2 Å². The molecule has 0 saturated carbocycles. The van der Waals surface area contributed by atoms with Gasteiger partial charge in [0.2, 0.25) is 0 Å². The monoisotopic (exact) mass is 176 g/mol. The fourth-order valence-corrected chi connectivity index (χ4v) is 1.02. The van der Waals surface area contributed by atoms with Gasteiger partial charge in [-0.2, -0.15) is 0 Å². The van der Waals surface area contributed by atoms with Crippen LogP contribution in [0.25, 0.3) is 0 Å². The summed E-state index contributed by atoms with van der Waals surface area (Å²) in [5.74, 6) is 0. The summed E-state index contributed by atoms with van der Waals surface area (Å²) in [6, 6.07) is 8.51. The van der Waals surface area contributed by atoms with Gasteiger partial charge in [-0.1, -0.05) is 0 Å². The van der Waals surface area contributed by atoms with Gasteiger partial charge in [-0.05, 0) is 0 Å². The van der Waals surface area contributed by atoms with E-state index in [4.69, 9.17) is 15.1 Å². The van der Waals surface area contributed by atoms with Gasteiger partial charge in [0.05, 0.1) is 0 Å². The van der Waals surface area contributed by atoms with Crippen molar-refractivity contribution in [1.29, 1.82) is 0 Å². The van der Waals surface area contributed by atoms with Crippen LogP contribution in [0.4, 0.5) is 0 Å². The Morgan fingerprint density at radius 1 is 1.17 bits per heavy atom. The second kappa shape index (κ2) is 6.66. The fraction of sp³-hybridized carbons (Fsp3) is 0.143. The Kier molecular flexibility index (Phi) is 6.75. The molecule has 1 aromatic rings. The third-order valence-electron chi connectivity index (χ3n) is 1.43. The predicted molar refractivity (Wildman–Crippen MR) is 49.0 cm³/mol. The number of aryl methyl sites for hydroxylation is 1. The molecular formula is C7H10BNaO3. The summed E-state index contributed by atoms with van der Waals surface area (Å²) in [5, 5.41) is 21.5. The fourth-order valence-electron chi connectivity index (χ4n) is 0.663. The van der Waals surface area contributed by atoms with Crippen molar-refractivity contribution in [3.63, 3.8) is 0 Å². The van der Waals surface area contributed by atoms with E-state index in [1.807, 2.05) is 0 Å². The molecule has 0 atom stereocenters. The van der Waals surface area contributed by atoms with Gasteiger partial charge in [0.25, 0.3) is 0 Å². The maximum absolute atomic E-state index is 7.17. The van der Waals surface area contributed by atoms with Crippen molar-refractivity contribution in [3.8, 4) is 0 Å². The van der Waals surface area contributed by atoms with Crippen molar-refractivity contribution in [1.82, 2.24) is 0 Å². The van der Waals surface area contributed by atoms with Crippen LogP contribution in [0.2, 0.25) is 0 Å². The summed E-state index contributed by atoms with van der Waals surface area (Å²) in [4.78, 5) is 0. The van der Waals surface area contributed by atoms with E-state index in [9.17, 15) is 0 Å². The molecule has 3 N–H and O–H groups in total. The summed E-state index contributed by atoms with van der Waals surface area (Å²) in [5.41, 5.74) is 1.43. The standard InChI is InChI=1S/C7H7.BH3O3.Na/c1-7-5-3-2-4-6-7;2-1(3)4;/h2-5H,1H3;2-4H;. The Balaban J connectivity index is 0.000000261. The molecule has 0 aliphatic heterocycles. The molecule has 60 valence electrons. The normalized spacial score (nSPS) is 8.50. The molecule has 0 spiro atoms. The molecular weight excluding hydrogens is 166 g/mol. The SMILES string of the molecule is Cc1cccc[c]1[Na].OB(O)O. The quantitative estimate of drug-likeness (QED) is 0.432. The molecule has 0 unspecified atom stereocenters. The summed E-state index contributed by atoms with van der Waals surface area (Å²) in [7, 11) is -2.17. The van der Waals surface area contributed by atoms with Crippen LogP contribution in [0, 0.1) is 6.92 Å². The third-order valence-corrected chi connectivity index (χ3v) is 2.55. The zero-order valence-electron chi connectivity index (χ0n) is 7.23. The van der Waals surface area contributed by atoms with Crippen molar-refractivity contribution >= 4 is 38.1 Å². The molecule has 0 amide bonds. The van der Waals surface area contributed by atoms with Crippen LogP contribution in [-0.4, -0.2) is 50.3 Å². The van der Waals surface area contributed by atoms with Gasteiger partial charge in [0.15, 0.2) is 0 Å². The molecule has 0 heterocycles. The average Bonchev–Trinajstić information content (AvgIpc) is 1.94. The van der Waals surface area contributed by atoms with E-state index in [1.54, 1.807) is 0 Å². The van der Waals surface area contributed by atoms with Gasteiger partial charge in [0.1, 0.15) is 0 Å². The first-order valence-electron chi connectivity index (χ1n) is 3.60. The first-order valence-corrected chi connectivity index (χ1v) is 4.60. The van der Waals surface area contributed by atoms with Crippen LogP contribution in [0.15, 0.2) is 24.3 Å². The van der Waals surface area contributed by atoms with E-state index >= 15 is 0 Å². The molecule has 12 heavy (non-hydrogen) atoms. The van der Waals surface area contributed by atoms with Gasteiger partial charge in [-0.25, -0.2) is 0 Å². The Hall–Kier alpha value is 0.165. The molecule has 1 rings (SSSR count). The minimum absolute atomic E-state index is 1.18. The van der Waals surface area contributed by atoms with Crippen molar-refractivity contribution in [2.24, 2.45) is 0 Å². The van der Waals surface area contributed by atoms with Gasteiger partial charge in [0, 0.05) is 0 Å². The van der Waals surface area contributed by atoms with Gasteiger partial charge < -0.3 is 15.1 Å². The molecule has 0 aromatic heterocycles. The van der Waals surface area contributed by atoms with E-state index in [1.165, 1.54) is 36.3 Å². The minimum atomic E-state index is -2.17. The number of rotatable bonds is 0. The van der Waals surface area contributed by atoms with Crippen LogP contribution in [0.5, 0.6) is 0 Å². The van der Waals surface area contributed by atoms with Crippen LogP contribution < -0.4 is 2.81 Å². The molecule has 0 aliphatic rings. The topological polar surface area (TPSA) is 60.7 Å². The molecule has 0 bridgehead atoms.